The molecule has 0 saturated heterocycles. The van der Waals surface area contributed by atoms with E-state index >= 15 is 0 Å². The van der Waals surface area contributed by atoms with Gasteiger partial charge in [-0.1, -0.05) is 6.58 Å². The molecule has 2 amide bonds. The molecule has 1 aliphatic rings. The number of hydrogen-bond acceptors (Lipinski definition) is 5. The summed E-state index contributed by atoms with van der Waals surface area (Å²) >= 11 is 4.78. The first kappa shape index (κ1) is 18.3. The molecule has 6 nitrogen and oxygen atoms in total. The summed E-state index contributed by atoms with van der Waals surface area (Å²) in [5.41, 5.74) is 2.07. The average molecular weight is 435 g/mol. The summed E-state index contributed by atoms with van der Waals surface area (Å²) in [5.74, 6) is -0.799. The van der Waals surface area contributed by atoms with Gasteiger partial charge in [0, 0.05) is 32.7 Å². The van der Waals surface area contributed by atoms with Crippen molar-refractivity contribution >= 4 is 50.7 Å². The third kappa shape index (κ3) is 3.42. The number of amides is 2. The van der Waals surface area contributed by atoms with E-state index in [1.165, 1.54) is 24.5 Å². The van der Waals surface area contributed by atoms with Crippen LogP contribution < -0.4 is 5.32 Å². The normalized spacial score (nSPS) is 12.5. The molecular weight excluding hydrogens is 420 g/mol. The second kappa shape index (κ2) is 7.43. The maximum Gasteiger partial charge on any atom is 0.349 e. The zero-order valence-electron chi connectivity index (χ0n) is 13.9. The van der Waals surface area contributed by atoms with Crippen LogP contribution in [-0.2, 0) is 22.6 Å². The Hall–Kier alpha value is -2.45. The van der Waals surface area contributed by atoms with Gasteiger partial charge in [0.05, 0.1) is 13.7 Å². The lowest BCUT2D eigenvalue weighted by Gasteiger charge is -2.16. The lowest BCUT2D eigenvalue weighted by Crippen LogP contribution is -2.25. The van der Waals surface area contributed by atoms with E-state index in [-0.39, 0.29) is 17.8 Å². The number of methoxy groups -OCH3 is 1. The smallest absolute Gasteiger partial charge is 0.349 e. The molecule has 0 bridgehead atoms. The Morgan fingerprint density at radius 1 is 1.27 bits per heavy atom. The summed E-state index contributed by atoms with van der Waals surface area (Å²) in [6.07, 6.45) is 1.18. The van der Waals surface area contributed by atoms with Crippen LogP contribution in [-0.4, -0.2) is 29.8 Å². The summed E-state index contributed by atoms with van der Waals surface area (Å²) in [5, 5.41) is 2.64. The molecule has 134 valence electrons. The number of esters is 1. The number of anilines is 1. The van der Waals surface area contributed by atoms with E-state index in [0.29, 0.717) is 33.7 Å². The predicted octanol–water partition coefficient (Wildman–Crippen LogP) is 3.58. The van der Waals surface area contributed by atoms with Crippen molar-refractivity contribution in [1.82, 2.24) is 4.90 Å². The van der Waals surface area contributed by atoms with Gasteiger partial charge in [-0.3, -0.25) is 9.59 Å². The minimum atomic E-state index is -0.383. The first-order valence-corrected chi connectivity index (χ1v) is 9.26. The molecule has 1 aromatic carbocycles. The van der Waals surface area contributed by atoms with Crippen molar-refractivity contribution < 1.29 is 19.1 Å². The number of ether oxygens (including phenoxy) is 1. The number of carbonyl (C=O) groups is 3. The van der Waals surface area contributed by atoms with Crippen molar-refractivity contribution in [3.63, 3.8) is 0 Å². The van der Waals surface area contributed by atoms with E-state index in [2.05, 4.69) is 27.8 Å². The van der Waals surface area contributed by atoms with Crippen molar-refractivity contribution in [2.45, 2.75) is 13.1 Å². The molecule has 3 rings (SSSR count). The van der Waals surface area contributed by atoms with Gasteiger partial charge in [0.2, 0.25) is 5.91 Å². The molecule has 2 heterocycles. The van der Waals surface area contributed by atoms with Gasteiger partial charge in [-0.15, -0.1) is 11.3 Å². The quantitative estimate of drug-likeness (QED) is 0.589. The Labute approximate surface area is 162 Å². The number of fused-ring (bicyclic) bond motifs is 1. The Bertz CT molecular complexity index is 905. The summed E-state index contributed by atoms with van der Waals surface area (Å²) in [4.78, 5) is 39.0. The predicted molar refractivity (Wildman–Crippen MR) is 102 cm³/mol. The third-order valence-electron chi connectivity index (χ3n) is 3.95. The average Bonchev–Trinajstić information content (AvgIpc) is 3.20. The summed E-state index contributed by atoms with van der Waals surface area (Å²) in [7, 11) is 1.34. The molecule has 0 fully saturated rings. The third-order valence-corrected chi connectivity index (χ3v) is 6.29. The fourth-order valence-electron chi connectivity index (χ4n) is 2.63. The maximum atomic E-state index is 12.7. The Kier molecular flexibility index (Phi) is 5.24. The fourth-order valence-corrected chi connectivity index (χ4v) is 4.67. The number of nitrogens with one attached hydrogen (secondary N) is 1. The van der Waals surface area contributed by atoms with Crippen molar-refractivity contribution in [3.05, 3.63) is 62.3 Å². The summed E-state index contributed by atoms with van der Waals surface area (Å²) in [6.45, 7) is 4.27. The van der Waals surface area contributed by atoms with E-state index in [0.717, 1.165) is 10.4 Å². The van der Waals surface area contributed by atoms with E-state index in [4.69, 9.17) is 4.74 Å². The monoisotopic (exact) mass is 434 g/mol. The van der Waals surface area contributed by atoms with Gasteiger partial charge in [0.25, 0.3) is 5.91 Å². The van der Waals surface area contributed by atoms with Crippen LogP contribution in [0.1, 0.15) is 30.5 Å². The number of halogens is 1. The van der Waals surface area contributed by atoms with Gasteiger partial charge < -0.3 is 15.0 Å². The van der Waals surface area contributed by atoms with Crippen LogP contribution in [0.2, 0.25) is 0 Å². The van der Waals surface area contributed by atoms with Crippen LogP contribution in [0, 0.1) is 0 Å². The maximum absolute atomic E-state index is 12.7. The van der Waals surface area contributed by atoms with E-state index < -0.39 is 0 Å². The second-order valence-electron chi connectivity index (χ2n) is 5.57. The summed E-state index contributed by atoms with van der Waals surface area (Å²) < 4.78 is 5.47. The van der Waals surface area contributed by atoms with E-state index in [1.807, 2.05) is 0 Å². The zero-order valence-corrected chi connectivity index (χ0v) is 16.3. The fraction of sp³-hybridized carbons (Fsp3) is 0.167. The molecule has 0 aliphatic carbocycles. The lowest BCUT2D eigenvalue weighted by molar-refractivity contribution is -0.111. The van der Waals surface area contributed by atoms with Crippen LogP contribution in [0.3, 0.4) is 0 Å². The lowest BCUT2D eigenvalue weighted by atomic mass is 10.2. The minimum Gasteiger partial charge on any atom is -0.465 e. The Balaban J connectivity index is 1.72. The van der Waals surface area contributed by atoms with Gasteiger partial charge in [-0.05, 0) is 46.3 Å². The number of hydrogen-bond donors (Lipinski definition) is 1. The molecule has 8 heteroatoms. The van der Waals surface area contributed by atoms with Gasteiger partial charge in [-0.2, -0.15) is 0 Å². The number of carbonyl (C=O) groups excluding carboxylic acids is 3. The minimum absolute atomic E-state index is 0.110. The van der Waals surface area contributed by atoms with Crippen molar-refractivity contribution in [1.29, 1.82) is 0 Å². The molecule has 26 heavy (non-hydrogen) atoms. The first-order valence-electron chi connectivity index (χ1n) is 7.65. The molecule has 1 N–H and O–H groups in total. The van der Waals surface area contributed by atoms with E-state index in [1.54, 1.807) is 29.2 Å². The highest BCUT2D eigenvalue weighted by molar-refractivity contribution is 9.10. The van der Waals surface area contributed by atoms with Crippen LogP contribution >= 0.6 is 27.3 Å². The molecular formula is C18H15BrN2O4S. The molecule has 0 atom stereocenters. The van der Waals surface area contributed by atoms with Crippen LogP contribution in [0.15, 0.2) is 41.4 Å². The molecule has 0 spiro atoms. The van der Waals surface area contributed by atoms with Crippen molar-refractivity contribution in [2.75, 3.05) is 12.4 Å². The highest BCUT2D eigenvalue weighted by Gasteiger charge is 2.31. The van der Waals surface area contributed by atoms with Gasteiger partial charge >= 0.3 is 5.97 Å². The van der Waals surface area contributed by atoms with Gasteiger partial charge in [0.15, 0.2) is 0 Å². The standard InChI is InChI=1S/C18H15BrN2O4S/c1-3-14(22)20-11-6-4-10(5-7-11)17(23)21-8-12-13(9-21)26-16(15(12)19)18(24)25-2/h3-7H,1,8-9H2,2H3,(H,20,22). The Morgan fingerprint density at radius 3 is 2.54 bits per heavy atom. The number of nitrogens with zero attached hydrogens (tertiary/aromatic N) is 1. The highest BCUT2D eigenvalue weighted by atomic mass is 79.9. The van der Waals surface area contributed by atoms with Gasteiger partial charge in [0.1, 0.15) is 4.88 Å². The van der Waals surface area contributed by atoms with Crippen molar-refractivity contribution in [3.8, 4) is 0 Å². The molecule has 0 saturated carbocycles. The molecule has 0 radical (unpaired) electrons. The SMILES string of the molecule is C=CC(=O)Nc1ccc(C(=O)N2Cc3sc(C(=O)OC)c(Br)c3C2)cc1. The molecule has 2 aromatic rings. The summed E-state index contributed by atoms with van der Waals surface area (Å²) in [6, 6.07) is 6.68. The molecule has 1 aromatic heterocycles. The largest absolute Gasteiger partial charge is 0.465 e. The molecule has 0 unspecified atom stereocenters. The van der Waals surface area contributed by atoms with E-state index in [9.17, 15) is 14.4 Å². The number of rotatable bonds is 4. The van der Waals surface area contributed by atoms with Crippen molar-refractivity contribution in [2.24, 2.45) is 0 Å². The highest BCUT2D eigenvalue weighted by Crippen LogP contribution is 2.39. The van der Waals surface area contributed by atoms with Crippen LogP contribution in [0.5, 0.6) is 0 Å². The number of benzene rings is 1. The Morgan fingerprint density at radius 2 is 1.96 bits per heavy atom. The first-order chi connectivity index (χ1) is 12.4. The molecule has 1 aliphatic heterocycles. The van der Waals surface area contributed by atoms with Gasteiger partial charge in [-0.25, -0.2) is 4.79 Å². The van der Waals surface area contributed by atoms with Crippen LogP contribution in [0.25, 0.3) is 0 Å². The van der Waals surface area contributed by atoms with Crippen LogP contribution in [0.4, 0.5) is 5.69 Å². The second-order valence-corrected chi connectivity index (χ2v) is 7.47. The topological polar surface area (TPSA) is 75.7 Å². The number of thiophene rings is 1. The zero-order chi connectivity index (χ0) is 18.8.